The summed E-state index contributed by atoms with van der Waals surface area (Å²) in [7, 11) is -0.467. The molecule has 1 aliphatic rings. The van der Waals surface area contributed by atoms with Crippen molar-refractivity contribution in [3.05, 3.63) is 34.8 Å². The second-order valence-electron chi connectivity index (χ2n) is 5.51. The van der Waals surface area contributed by atoms with Gasteiger partial charge in [-0.05, 0) is 33.8 Å². The molecule has 0 saturated carbocycles. The Labute approximate surface area is 117 Å². The third-order valence-corrected chi connectivity index (χ3v) is 3.80. The van der Waals surface area contributed by atoms with Crippen LogP contribution < -0.4 is 0 Å². The van der Waals surface area contributed by atoms with Crippen LogP contribution in [0.3, 0.4) is 0 Å². The van der Waals surface area contributed by atoms with Crippen LogP contribution in [0.25, 0.3) is 6.08 Å². The summed E-state index contributed by atoms with van der Waals surface area (Å²) < 4.78 is 24.8. The van der Waals surface area contributed by atoms with Gasteiger partial charge in [-0.1, -0.05) is 17.6 Å². The molecule has 0 spiro atoms. The molecule has 1 saturated heterocycles. The molecular weight excluding hydrogens is 267 g/mol. The molecular formula is C13H16BClFNO2. The molecule has 0 atom stereocenters. The molecule has 19 heavy (non-hydrogen) atoms. The van der Waals surface area contributed by atoms with Gasteiger partial charge < -0.3 is 9.31 Å². The minimum absolute atomic E-state index is 0.00721. The summed E-state index contributed by atoms with van der Waals surface area (Å²) in [5, 5.41) is 0.00721. The lowest BCUT2D eigenvalue weighted by atomic mass is 9.89. The first-order valence-electron chi connectivity index (χ1n) is 6.06. The molecule has 0 bridgehead atoms. The average molecular weight is 284 g/mol. The van der Waals surface area contributed by atoms with Crippen LogP contribution in [0.5, 0.6) is 0 Å². The maximum atomic E-state index is 13.3. The smallest absolute Gasteiger partial charge is 0.400 e. The summed E-state index contributed by atoms with van der Waals surface area (Å²) in [6, 6.07) is 1.27. The van der Waals surface area contributed by atoms with Crippen LogP contribution in [0.15, 0.2) is 18.2 Å². The predicted molar refractivity (Wildman–Crippen MR) is 74.3 cm³/mol. The van der Waals surface area contributed by atoms with Crippen LogP contribution in [0.1, 0.15) is 33.4 Å². The Morgan fingerprint density at radius 3 is 2.37 bits per heavy atom. The van der Waals surface area contributed by atoms with Crippen LogP contribution in [0.4, 0.5) is 4.39 Å². The quantitative estimate of drug-likeness (QED) is 0.778. The second-order valence-corrected chi connectivity index (χ2v) is 5.91. The third-order valence-electron chi connectivity index (χ3n) is 3.53. The number of pyridine rings is 1. The lowest BCUT2D eigenvalue weighted by Crippen LogP contribution is -2.41. The van der Waals surface area contributed by atoms with Crippen molar-refractivity contribution in [1.29, 1.82) is 0 Å². The standard InChI is InChI=1S/C13H16BClFNO2/c1-12(2)13(3,4)19-14(18-12)6-5-9-7-11(16)10(15)8-17-9/h5-8H,1-4H3/b6-5+. The van der Waals surface area contributed by atoms with Crippen molar-refractivity contribution in [3.63, 3.8) is 0 Å². The van der Waals surface area contributed by atoms with Gasteiger partial charge in [-0.2, -0.15) is 0 Å². The zero-order valence-corrected chi connectivity index (χ0v) is 12.2. The summed E-state index contributed by atoms with van der Waals surface area (Å²) in [5.41, 5.74) is -0.307. The fourth-order valence-electron chi connectivity index (χ4n) is 1.66. The Bertz CT molecular complexity index is 503. The molecule has 2 rings (SSSR count). The van der Waals surface area contributed by atoms with E-state index in [9.17, 15) is 4.39 Å². The van der Waals surface area contributed by atoms with E-state index in [0.29, 0.717) is 5.69 Å². The molecule has 1 fully saturated rings. The average Bonchev–Trinajstić information content (AvgIpc) is 2.49. The Hall–Kier alpha value is -0.905. The number of hydrogen-bond acceptors (Lipinski definition) is 3. The lowest BCUT2D eigenvalue weighted by molar-refractivity contribution is 0.00578. The molecule has 0 aromatic carbocycles. The number of aromatic nitrogens is 1. The van der Waals surface area contributed by atoms with Crippen LogP contribution >= 0.6 is 11.6 Å². The van der Waals surface area contributed by atoms with Crippen molar-refractivity contribution in [3.8, 4) is 0 Å². The van der Waals surface area contributed by atoms with E-state index in [1.54, 1.807) is 12.1 Å². The van der Waals surface area contributed by atoms with Crippen molar-refractivity contribution in [2.75, 3.05) is 0 Å². The van der Waals surface area contributed by atoms with E-state index in [2.05, 4.69) is 4.98 Å². The van der Waals surface area contributed by atoms with E-state index < -0.39 is 12.9 Å². The summed E-state index contributed by atoms with van der Waals surface area (Å²) in [6.07, 6.45) is 2.93. The first-order valence-corrected chi connectivity index (χ1v) is 6.44. The van der Waals surface area contributed by atoms with Crippen LogP contribution in [0.2, 0.25) is 5.02 Å². The SMILES string of the molecule is CC1(C)OB(/C=C/c2cc(F)c(Cl)cn2)OC1(C)C. The lowest BCUT2D eigenvalue weighted by Gasteiger charge is -2.32. The Morgan fingerprint density at radius 2 is 1.84 bits per heavy atom. The highest BCUT2D eigenvalue weighted by Gasteiger charge is 2.49. The molecule has 2 heterocycles. The molecule has 0 amide bonds. The zero-order chi connectivity index (χ0) is 14.3. The molecule has 1 aliphatic heterocycles. The van der Waals surface area contributed by atoms with Crippen LogP contribution in [0, 0.1) is 5.82 Å². The fraction of sp³-hybridized carbons (Fsp3) is 0.462. The largest absolute Gasteiger partial charge is 0.487 e. The highest BCUT2D eigenvalue weighted by Crippen LogP contribution is 2.36. The van der Waals surface area contributed by atoms with Gasteiger partial charge in [0.15, 0.2) is 0 Å². The monoisotopic (exact) mass is 283 g/mol. The molecule has 0 unspecified atom stereocenters. The first-order chi connectivity index (χ1) is 8.71. The Morgan fingerprint density at radius 1 is 1.26 bits per heavy atom. The molecule has 6 heteroatoms. The van der Waals surface area contributed by atoms with Crippen molar-refractivity contribution in [2.24, 2.45) is 0 Å². The third kappa shape index (κ3) is 2.99. The van der Waals surface area contributed by atoms with Crippen molar-refractivity contribution < 1.29 is 13.7 Å². The molecule has 1 aromatic heterocycles. The van der Waals surface area contributed by atoms with E-state index in [1.165, 1.54) is 12.3 Å². The topological polar surface area (TPSA) is 31.4 Å². The summed E-state index contributed by atoms with van der Waals surface area (Å²) in [4.78, 5) is 4.00. The van der Waals surface area contributed by atoms with Gasteiger partial charge in [0.05, 0.1) is 21.9 Å². The van der Waals surface area contributed by atoms with Gasteiger partial charge in [0.25, 0.3) is 0 Å². The minimum Gasteiger partial charge on any atom is -0.400 e. The van der Waals surface area contributed by atoms with Gasteiger partial charge in [-0.15, -0.1) is 0 Å². The highest BCUT2D eigenvalue weighted by molar-refractivity contribution is 6.52. The molecule has 0 radical (unpaired) electrons. The zero-order valence-electron chi connectivity index (χ0n) is 11.4. The Balaban J connectivity index is 2.10. The van der Waals surface area contributed by atoms with Gasteiger partial charge in [0.1, 0.15) is 5.82 Å². The molecule has 0 aliphatic carbocycles. The fourth-order valence-corrected chi connectivity index (χ4v) is 1.77. The van der Waals surface area contributed by atoms with Crippen molar-refractivity contribution >= 4 is 24.8 Å². The van der Waals surface area contributed by atoms with Crippen LogP contribution in [-0.4, -0.2) is 23.3 Å². The minimum atomic E-state index is -0.495. The predicted octanol–water partition coefficient (Wildman–Crippen LogP) is 3.52. The normalized spacial score (nSPS) is 21.3. The Kier molecular flexibility index (Phi) is 3.73. The summed E-state index contributed by atoms with van der Waals surface area (Å²) in [6.45, 7) is 7.89. The first kappa shape index (κ1) is 14.5. The van der Waals surface area contributed by atoms with Gasteiger partial charge in [0.2, 0.25) is 0 Å². The molecule has 102 valence electrons. The summed E-state index contributed by atoms with van der Waals surface area (Å²) >= 11 is 5.57. The van der Waals surface area contributed by atoms with E-state index in [0.717, 1.165) is 0 Å². The second kappa shape index (κ2) is 4.89. The van der Waals surface area contributed by atoms with Crippen molar-refractivity contribution in [1.82, 2.24) is 4.98 Å². The van der Waals surface area contributed by atoms with Gasteiger partial charge in [0, 0.05) is 12.3 Å². The highest BCUT2D eigenvalue weighted by atomic mass is 35.5. The maximum absolute atomic E-state index is 13.3. The number of rotatable bonds is 2. The van der Waals surface area contributed by atoms with Gasteiger partial charge in [-0.3, -0.25) is 4.98 Å². The molecule has 3 nitrogen and oxygen atoms in total. The number of nitrogens with zero attached hydrogens (tertiary/aromatic N) is 1. The van der Waals surface area contributed by atoms with Gasteiger partial charge in [-0.25, -0.2) is 4.39 Å². The number of hydrogen-bond donors (Lipinski definition) is 0. The summed E-state index contributed by atoms with van der Waals surface area (Å²) in [5.74, 6) is 1.22. The van der Waals surface area contributed by atoms with Crippen molar-refractivity contribution in [2.45, 2.75) is 38.9 Å². The van der Waals surface area contributed by atoms with E-state index >= 15 is 0 Å². The van der Waals surface area contributed by atoms with E-state index in [-0.39, 0.29) is 16.2 Å². The van der Waals surface area contributed by atoms with E-state index in [1.807, 2.05) is 27.7 Å². The van der Waals surface area contributed by atoms with E-state index in [4.69, 9.17) is 20.9 Å². The maximum Gasteiger partial charge on any atom is 0.487 e. The molecule has 1 aromatic rings. The number of halogens is 2. The van der Waals surface area contributed by atoms with Gasteiger partial charge >= 0.3 is 7.12 Å². The van der Waals surface area contributed by atoms with Crippen LogP contribution in [-0.2, 0) is 9.31 Å². The molecule has 0 N–H and O–H groups in total.